The van der Waals surface area contributed by atoms with E-state index in [-0.39, 0.29) is 18.1 Å². The molecule has 0 aromatic carbocycles. The highest BCUT2D eigenvalue weighted by molar-refractivity contribution is 6.01. The SMILES string of the molecule is CC(=O)OCC(=O)[C@@]1(O)[C@H](C)C[C@H]2[C@H]3CCC4=CC(=O)C=C[C@]4(C)[C@]3(F)[C@@H](O)C[C@@]21C. The van der Waals surface area contributed by atoms with Crippen LogP contribution in [0.15, 0.2) is 23.8 Å². The van der Waals surface area contributed by atoms with Gasteiger partial charge in [-0.2, -0.15) is 0 Å². The van der Waals surface area contributed by atoms with Crippen molar-refractivity contribution in [1.29, 1.82) is 0 Å². The number of rotatable bonds is 3. The zero-order valence-electron chi connectivity index (χ0n) is 18.5. The molecular weight excluding hydrogens is 403 g/mol. The number of ketones is 2. The number of fused-ring (bicyclic) bond motifs is 5. The minimum Gasteiger partial charge on any atom is -0.458 e. The van der Waals surface area contributed by atoms with Gasteiger partial charge in [-0.15, -0.1) is 0 Å². The lowest BCUT2D eigenvalue weighted by molar-refractivity contribution is -0.219. The van der Waals surface area contributed by atoms with Crippen LogP contribution in [0.2, 0.25) is 0 Å². The Labute approximate surface area is 181 Å². The number of hydrogen-bond donors (Lipinski definition) is 2. The van der Waals surface area contributed by atoms with Crippen molar-refractivity contribution in [3.8, 4) is 0 Å². The molecule has 4 aliphatic rings. The van der Waals surface area contributed by atoms with E-state index < -0.39 is 58.4 Å². The van der Waals surface area contributed by atoms with Crippen LogP contribution in [0, 0.1) is 28.6 Å². The highest BCUT2D eigenvalue weighted by Crippen LogP contribution is 2.70. The van der Waals surface area contributed by atoms with E-state index in [1.54, 1.807) is 26.8 Å². The van der Waals surface area contributed by atoms with Crippen molar-refractivity contribution in [2.24, 2.45) is 28.6 Å². The van der Waals surface area contributed by atoms with Crippen molar-refractivity contribution in [1.82, 2.24) is 0 Å². The van der Waals surface area contributed by atoms with Gasteiger partial charge >= 0.3 is 5.97 Å². The maximum atomic E-state index is 17.0. The Morgan fingerprint density at radius 3 is 2.61 bits per heavy atom. The summed E-state index contributed by atoms with van der Waals surface area (Å²) in [7, 11) is 0. The van der Waals surface area contributed by atoms with Gasteiger partial charge in [0.2, 0.25) is 5.78 Å². The number of ether oxygens (including phenoxy) is 1. The molecule has 0 unspecified atom stereocenters. The van der Waals surface area contributed by atoms with Gasteiger partial charge in [-0.3, -0.25) is 14.4 Å². The van der Waals surface area contributed by atoms with E-state index in [9.17, 15) is 24.6 Å². The summed E-state index contributed by atoms with van der Waals surface area (Å²) in [5.41, 5.74) is -5.33. The number of allylic oxidation sites excluding steroid dienone is 4. The Hall–Kier alpha value is -1.86. The fourth-order valence-corrected chi connectivity index (χ4v) is 7.42. The summed E-state index contributed by atoms with van der Waals surface area (Å²) >= 11 is 0. The lowest BCUT2D eigenvalue weighted by Crippen LogP contribution is -2.69. The van der Waals surface area contributed by atoms with Gasteiger partial charge < -0.3 is 14.9 Å². The summed E-state index contributed by atoms with van der Waals surface area (Å²) in [4.78, 5) is 36.2. The van der Waals surface area contributed by atoms with Crippen molar-refractivity contribution in [2.45, 2.75) is 70.8 Å². The van der Waals surface area contributed by atoms with Crippen LogP contribution in [-0.2, 0) is 19.1 Å². The first kappa shape index (κ1) is 22.3. The Balaban J connectivity index is 1.76. The summed E-state index contributed by atoms with van der Waals surface area (Å²) in [6, 6.07) is 0. The fraction of sp³-hybridized carbons (Fsp3) is 0.708. The molecule has 7 heteroatoms. The molecular formula is C24H31FO6. The van der Waals surface area contributed by atoms with Gasteiger partial charge in [-0.05, 0) is 56.6 Å². The van der Waals surface area contributed by atoms with E-state index in [4.69, 9.17) is 4.74 Å². The van der Waals surface area contributed by atoms with E-state index in [0.29, 0.717) is 24.8 Å². The Morgan fingerprint density at radius 2 is 1.97 bits per heavy atom. The first-order valence-electron chi connectivity index (χ1n) is 11.0. The number of hydrogen-bond acceptors (Lipinski definition) is 6. The molecule has 0 aliphatic heterocycles. The first-order valence-corrected chi connectivity index (χ1v) is 11.0. The molecule has 0 bridgehead atoms. The Kier molecular flexibility index (Phi) is 4.91. The monoisotopic (exact) mass is 434 g/mol. The molecule has 6 nitrogen and oxygen atoms in total. The molecule has 4 rings (SSSR count). The van der Waals surface area contributed by atoms with E-state index in [1.165, 1.54) is 19.1 Å². The van der Waals surface area contributed by atoms with E-state index >= 15 is 4.39 Å². The predicted octanol–water partition coefficient (Wildman–Crippen LogP) is 2.47. The predicted molar refractivity (Wildman–Crippen MR) is 109 cm³/mol. The lowest BCUT2D eigenvalue weighted by Gasteiger charge is -2.62. The van der Waals surface area contributed by atoms with Gasteiger partial charge in [0.25, 0.3) is 0 Å². The molecule has 0 saturated heterocycles. The van der Waals surface area contributed by atoms with Crippen LogP contribution in [0.1, 0.15) is 53.4 Å². The van der Waals surface area contributed by atoms with Crippen molar-refractivity contribution in [2.75, 3.05) is 6.61 Å². The van der Waals surface area contributed by atoms with Gasteiger partial charge in [0, 0.05) is 23.7 Å². The fourth-order valence-electron chi connectivity index (χ4n) is 7.42. The van der Waals surface area contributed by atoms with Gasteiger partial charge in [0.15, 0.2) is 18.1 Å². The maximum absolute atomic E-state index is 17.0. The summed E-state index contributed by atoms with van der Waals surface area (Å²) in [6.07, 6.45) is 4.29. The number of halogens is 1. The smallest absolute Gasteiger partial charge is 0.303 e. The molecule has 0 radical (unpaired) electrons. The van der Waals surface area contributed by atoms with E-state index in [0.717, 1.165) is 0 Å². The van der Waals surface area contributed by atoms with Gasteiger partial charge in [-0.1, -0.05) is 25.5 Å². The summed E-state index contributed by atoms with van der Waals surface area (Å²) < 4.78 is 21.9. The van der Waals surface area contributed by atoms with Crippen LogP contribution in [0.4, 0.5) is 4.39 Å². The van der Waals surface area contributed by atoms with Crippen LogP contribution in [0.25, 0.3) is 0 Å². The largest absolute Gasteiger partial charge is 0.458 e. The van der Waals surface area contributed by atoms with Gasteiger partial charge in [0.1, 0.15) is 5.60 Å². The molecule has 3 saturated carbocycles. The van der Waals surface area contributed by atoms with Crippen molar-refractivity contribution < 1.29 is 33.7 Å². The first-order chi connectivity index (χ1) is 14.3. The van der Waals surface area contributed by atoms with Crippen LogP contribution < -0.4 is 0 Å². The zero-order valence-corrected chi connectivity index (χ0v) is 18.5. The number of carbonyl (C=O) groups excluding carboxylic acids is 3. The molecule has 0 spiro atoms. The summed E-state index contributed by atoms with van der Waals surface area (Å²) in [6.45, 7) is 5.89. The third-order valence-electron chi connectivity index (χ3n) is 9.05. The Bertz CT molecular complexity index is 910. The minimum absolute atomic E-state index is 0.0953. The van der Waals surface area contributed by atoms with Crippen LogP contribution >= 0.6 is 0 Å². The highest BCUT2D eigenvalue weighted by atomic mass is 19.1. The molecule has 0 aromatic rings. The molecule has 0 heterocycles. The molecule has 31 heavy (non-hydrogen) atoms. The summed E-state index contributed by atoms with van der Waals surface area (Å²) in [5, 5.41) is 22.9. The van der Waals surface area contributed by atoms with Crippen molar-refractivity contribution in [3.05, 3.63) is 23.8 Å². The molecule has 170 valence electrons. The zero-order chi connectivity index (χ0) is 23.0. The van der Waals surface area contributed by atoms with Crippen LogP contribution in [-0.4, -0.2) is 51.7 Å². The standard InChI is InChI=1S/C24H31FO6/c1-13-9-18-17-6-5-15-10-16(27)7-8-21(15,3)23(17,25)19(28)11-22(18,4)24(13,30)20(29)12-31-14(2)26/h7-8,10,13,17-19,28,30H,5-6,9,11-12H2,1-4H3/t13-,17-,18+,19+,21+,22+,23-,24+/m1/s1. The lowest BCUT2D eigenvalue weighted by atomic mass is 9.44. The third kappa shape index (κ3) is 2.65. The number of Topliss-reactive ketones (excluding diaryl/α,β-unsaturated/α-hetero) is 1. The average molecular weight is 435 g/mol. The van der Waals surface area contributed by atoms with E-state index in [1.807, 2.05) is 0 Å². The number of alkyl halides is 1. The van der Waals surface area contributed by atoms with Crippen LogP contribution in [0.5, 0.6) is 0 Å². The normalized spacial score (nSPS) is 48.4. The molecule has 0 amide bonds. The summed E-state index contributed by atoms with van der Waals surface area (Å²) in [5.74, 6) is -2.80. The Morgan fingerprint density at radius 1 is 1.29 bits per heavy atom. The maximum Gasteiger partial charge on any atom is 0.303 e. The number of carbonyl (C=O) groups is 3. The number of aliphatic hydroxyl groups is 2. The van der Waals surface area contributed by atoms with Crippen molar-refractivity contribution in [3.63, 3.8) is 0 Å². The van der Waals surface area contributed by atoms with Gasteiger partial charge in [0.05, 0.1) is 6.10 Å². The van der Waals surface area contributed by atoms with Crippen molar-refractivity contribution >= 4 is 17.5 Å². The molecule has 8 atom stereocenters. The van der Waals surface area contributed by atoms with E-state index in [2.05, 4.69) is 0 Å². The highest BCUT2D eigenvalue weighted by Gasteiger charge is 2.75. The molecule has 0 aromatic heterocycles. The quantitative estimate of drug-likeness (QED) is 0.662. The van der Waals surface area contributed by atoms with Gasteiger partial charge in [-0.25, -0.2) is 4.39 Å². The second-order valence-electron chi connectivity index (χ2n) is 10.4. The number of esters is 1. The second-order valence-corrected chi connectivity index (χ2v) is 10.4. The minimum atomic E-state index is -2.01. The molecule has 2 N–H and O–H groups in total. The van der Waals surface area contributed by atoms with Crippen LogP contribution in [0.3, 0.4) is 0 Å². The molecule has 4 aliphatic carbocycles. The average Bonchev–Trinajstić information content (AvgIpc) is 2.89. The topological polar surface area (TPSA) is 101 Å². The third-order valence-corrected chi connectivity index (χ3v) is 9.05. The number of aliphatic hydroxyl groups excluding tert-OH is 1. The second kappa shape index (κ2) is 6.82. The molecule has 3 fully saturated rings.